The minimum absolute atomic E-state index is 0.264. The summed E-state index contributed by atoms with van der Waals surface area (Å²) < 4.78 is 29.0. The Kier molecular flexibility index (Phi) is 7.48. The van der Waals surface area contributed by atoms with E-state index in [4.69, 9.17) is 9.97 Å². The van der Waals surface area contributed by atoms with E-state index in [9.17, 15) is 8.42 Å². The van der Waals surface area contributed by atoms with E-state index in [1.807, 2.05) is 12.3 Å². The fraction of sp³-hybridized carbons (Fsp3) is 0.500. The third kappa shape index (κ3) is 5.26. The van der Waals surface area contributed by atoms with Crippen LogP contribution in [0, 0.1) is 0 Å². The molecule has 1 aromatic carbocycles. The lowest BCUT2D eigenvalue weighted by Gasteiger charge is -2.34. The van der Waals surface area contributed by atoms with E-state index in [1.54, 1.807) is 41.8 Å². The summed E-state index contributed by atoms with van der Waals surface area (Å²) in [4.78, 5) is 15.3. The van der Waals surface area contributed by atoms with Crippen LogP contribution in [0.5, 0.6) is 0 Å². The van der Waals surface area contributed by atoms with Crippen molar-refractivity contribution in [2.75, 3.05) is 33.2 Å². The first-order valence-corrected chi connectivity index (χ1v) is 17.5. The Morgan fingerprint density at radius 1 is 0.902 bits per heavy atom. The first-order chi connectivity index (χ1) is 20.0. The maximum atomic E-state index is 13.8. The lowest BCUT2D eigenvalue weighted by Crippen LogP contribution is -2.35. The molecule has 5 heterocycles. The Morgan fingerprint density at radius 3 is 2.37 bits per heavy atom. The highest BCUT2D eigenvalue weighted by atomic mass is 32.2. The highest BCUT2D eigenvalue weighted by Gasteiger charge is 2.30. The molecular formula is C32H39N5O2S2. The summed E-state index contributed by atoms with van der Waals surface area (Å²) in [5.74, 6) is 0.920. The molecule has 3 aromatic heterocycles. The molecule has 0 atom stereocenters. The molecule has 1 aliphatic carbocycles. The maximum absolute atomic E-state index is 13.8. The molecule has 41 heavy (non-hydrogen) atoms. The summed E-state index contributed by atoms with van der Waals surface area (Å²) in [6.45, 7) is 4.68. The van der Waals surface area contributed by atoms with Crippen LogP contribution in [0.1, 0.15) is 73.8 Å². The highest BCUT2D eigenvalue weighted by Crippen LogP contribution is 2.40. The molecule has 0 radical (unpaired) electrons. The minimum atomic E-state index is -3.81. The van der Waals surface area contributed by atoms with Crippen molar-refractivity contribution < 1.29 is 8.42 Å². The second-order valence-electron chi connectivity index (χ2n) is 12.2. The number of benzene rings is 1. The average molecular weight is 590 g/mol. The number of thiazole rings is 1. The van der Waals surface area contributed by atoms with E-state index in [0.29, 0.717) is 23.5 Å². The molecule has 1 saturated carbocycles. The smallest absolute Gasteiger partial charge is 0.269 e. The summed E-state index contributed by atoms with van der Waals surface area (Å²) >= 11 is 1.70. The van der Waals surface area contributed by atoms with Crippen molar-refractivity contribution in [1.29, 1.82) is 0 Å². The number of nitrogens with zero attached hydrogens (tertiary/aromatic N) is 5. The molecule has 2 aliphatic heterocycles. The molecule has 0 unspecified atom stereocenters. The van der Waals surface area contributed by atoms with Crippen LogP contribution in [0.3, 0.4) is 0 Å². The van der Waals surface area contributed by atoms with Gasteiger partial charge in [-0.15, -0.1) is 11.3 Å². The van der Waals surface area contributed by atoms with E-state index in [2.05, 4.69) is 28.3 Å². The monoisotopic (exact) mass is 589 g/mol. The fourth-order valence-electron chi connectivity index (χ4n) is 7.15. The van der Waals surface area contributed by atoms with Gasteiger partial charge in [0, 0.05) is 40.7 Å². The molecule has 0 bridgehead atoms. The van der Waals surface area contributed by atoms with E-state index >= 15 is 0 Å². The second-order valence-corrected chi connectivity index (χ2v) is 14.9. The normalized spacial score (nSPS) is 23.4. The Bertz CT molecular complexity index is 1610. The molecule has 4 aromatic rings. The summed E-state index contributed by atoms with van der Waals surface area (Å²) in [5, 5.41) is 4.14. The van der Waals surface area contributed by atoms with Crippen molar-refractivity contribution in [1.82, 2.24) is 23.7 Å². The van der Waals surface area contributed by atoms with Crippen LogP contribution in [0.15, 0.2) is 59.1 Å². The van der Waals surface area contributed by atoms with Crippen LogP contribution in [0.2, 0.25) is 0 Å². The number of aromatic nitrogens is 3. The van der Waals surface area contributed by atoms with Crippen LogP contribution in [0.25, 0.3) is 22.3 Å². The Labute approximate surface area is 247 Å². The molecular weight excluding hydrogens is 551 g/mol. The third-order valence-electron chi connectivity index (χ3n) is 9.62. The van der Waals surface area contributed by atoms with Crippen molar-refractivity contribution in [3.63, 3.8) is 0 Å². The number of hydrogen-bond acceptors (Lipinski definition) is 7. The summed E-state index contributed by atoms with van der Waals surface area (Å²) in [6.07, 6.45) is 13.3. The molecule has 3 fully saturated rings. The Hall–Kier alpha value is -2.59. The van der Waals surface area contributed by atoms with Crippen molar-refractivity contribution >= 4 is 32.4 Å². The quantitative estimate of drug-likeness (QED) is 0.262. The van der Waals surface area contributed by atoms with Crippen LogP contribution < -0.4 is 0 Å². The van der Waals surface area contributed by atoms with Crippen molar-refractivity contribution in [3.05, 3.63) is 64.7 Å². The van der Waals surface area contributed by atoms with Gasteiger partial charge in [0.05, 0.1) is 15.6 Å². The molecule has 7 rings (SSSR count). The first kappa shape index (κ1) is 27.3. The van der Waals surface area contributed by atoms with Crippen LogP contribution in [-0.4, -0.2) is 71.4 Å². The molecule has 9 heteroatoms. The van der Waals surface area contributed by atoms with Crippen molar-refractivity contribution in [2.45, 2.75) is 74.1 Å². The molecule has 7 nitrogen and oxygen atoms in total. The van der Waals surface area contributed by atoms with Gasteiger partial charge in [-0.25, -0.2) is 22.4 Å². The number of piperidine rings is 1. The second kappa shape index (κ2) is 11.2. The van der Waals surface area contributed by atoms with Gasteiger partial charge in [-0.1, -0.05) is 18.2 Å². The first-order valence-electron chi connectivity index (χ1n) is 15.2. The SMILES string of the molecule is CN1CCC(c2nc(-c3cn(S(=O)(=O)c4ccccc4)c4ncc([C@H]5CC[C@@H](N6CCCC6)CC5)cc34)cs2)CC1. The zero-order valence-electron chi connectivity index (χ0n) is 23.8. The van der Waals surface area contributed by atoms with Gasteiger partial charge in [-0.2, -0.15) is 0 Å². The maximum Gasteiger partial charge on any atom is 0.269 e. The van der Waals surface area contributed by atoms with E-state index in [1.165, 1.54) is 48.3 Å². The molecule has 216 valence electrons. The highest BCUT2D eigenvalue weighted by molar-refractivity contribution is 7.90. The zero-order valence-corrected chi connectivity index (χ0v) is 25.4. The van der Waals surface area contributed by atoms with Gasteiger partial charge in [-0.05, 0) is 114 Å². The largest absolute Gasteiger partial charge is 0.306 e. The molecule has 3 aliphatic rings. The number of likely N-dealkylation sites (tertiary alicyclic amines) is 2. The Morgan fingerprint density at radius 2 is 1.63 bits per heavy atom. The number of pyridine rings is 1. The van der Waals surface area contributed by atoms with E-state index in [0.717, 1.165) is 60.4 Å². The van der Waals surface area contributed by atoms with Gasteiger partial charge in [0.25, 0.3) is 10.0 Å². The number of hydrogen-bond donors (Lipinski definition) is 0. The standard InChI is InChI=1S/C32H39N5O2S2/c1-35-17-13-24(14-18-35)32-34-30(22-40-32)29-21-37(41(38,39)27-7-3-2-4-8-27)31-28(29)19-25(20-33-31)23-9-11-26(12-10-23)36-15-5-6-16-36/h2-4,7-8,19-24,26H,5-6,9-18H2,1H3/t23-,26+. The van der Waals surface area contributed by atoms with Gasteiger partial charge in [-0.3, -0.25) is 0 Å². The van der Waals surface area contributed by atoms with Gasteiger partial charge in [0.2, 0.25) is 0 Å². The fourth-order valence-corrected chi connectivity index (χ4v) is 9.48. The topological polar surface area (TPSA) is 71.3 Å². The predicted molar refractivity (Wildman–Crippen MR) is 165 cm³/mol. The van der Waals surface area contributed by atoms with Crippen molar-refractivity contribution in [2.24, 2.45) is 0 Å². The lowest BCUT2D eigenvalue weighted by molar-refractivity contribution is 0.182. The molecule has 0 N–H and O–H groups in total. The van der Waals surface area contributed by atoms with Crippen LogP contribution >= 0.6 is 11.3 Å². The summed E-state index contributed by atoms with van der Waals surface area (Å²) in [6, 6.07) is 11.6. The van der Waals surface area contributed by atoms with Crippen molar-refractivity contribution in [3.8, 4) is 11.3 Å². The van der Waals surface area contributed by atoms with E-state index < -0.39 is 10.0 Å². The van der Waals surface area contributed by atoms with Gasteiger partial charge in [0.15, 0.2) is 5.65 Å². The third-order valence-corrected chi connectivity index (χ3v) is 12.3. The van der Waals surface area contributed by atoms with Crippen LogP contribution in [-0.2, 0) is 10.0 Å². The molecule has 2 saturated heterocycles. The summed E-state index contributed by atoms with van der Waals surface area (Å²) in [5.41, 5.74) is 3.41. The summed E-state index contributed by atoms with van der Waals surface area (Å²) in [7, 11) is -1.63. The minimum Gasteiger partial charge on any atom is -0.306 e. The molecule has 0 amide bonds. The average Bonchev–Trinajstić information content (AvgIpc) is 3.78. The number of rotatable bonds is 6. The predicted octanol–water partition coefficient (Wildman–Crippen LogP) is 6.33. The van der Waals surface area contributed by atoms with Gasteiger partial charge >= 0.3 is 0 Å². The lowest BCUT2D eigenvalue weighted by atomic mass is 9.81. The van der Waals surface area contributed by atoms with Gasteiger partial charge in [0.1, 0.15) is 0 Å². The van der Waals surface area contributed by atoms with E-state index in [-0.39, 0.29) is 4.90 Å². The zero-order chi connectivity index (χ0) is 28.0. The number of fused-ring (bicyclic) bond motifs is 1. The Balaban J connectivity index is 1.25. The van der Waals surface area contributed by atoms with Crippen LogP contribution in [0.4, 0.5) is 0 Å². The molecule has 0 spiro atoms. The van der Waals surface area contributed by atoms with Gasteiger partial charge < -0.3 is 9.80 Å².